The van der Waals surface area contributed by atoms with Crippen molar-refractivity contribution in [1.82, 2.24) is 15.3 Å². The molecule has 4 N–H and O–H groups in total. The summed E-state index contributed by atoms with van der Waals surface area (Å²) in [7, 11) is 0. The van der Waals surface area contributed by atoms with Gasteiger partial charge >= 0.3 is 6.03 Å². The third-order valence-electron chi connectivity index (χ3n) is 5.24. The second-order valence-corrected chi connectivity index (χ2v) is 7.32. The summed E-state index contributed by atoms with van der Waals surface area (Å²) in [5, 5.41) is 11.5. The predicted octanol–water partition coefficient (Wildman–Crippen LogP) is 2.36. The Labute approximate surface area is 179 Å². The lowest BCUT2D eigenvalue weighted by molar-refractivity contribution is 0.0945. The summed E-state index contributed by atoms with van der Waals surface area (Å²) in [6.45, 7) is 0.707. The Kier molecular flexibility index (Phi) is 5.90. The van der Waals surface area contributed by atoms with Crippen molar-refractivity contribution in [3.63, 3.8) is 0 Å². The maximum absolute atomic E-state index is 12.0. The van der Waals surface area contributed by atoms with Crippen molar-refractivity contribution in [3.8, 4) is 22.3 Å². The minimum absolute atomic E-state index is 0.0968. The van der Waals surface area contributed by atoms with Crippen molar-refractivity contribution in [2.24, 2.45) is 5.73 Å². The van der Waals surface area contributed by atoms with Crippen LogP contribution in [0.5, 0.6) is 0 Å². The standard InChI is InChI=1S/C23H23N5O3/c24-23(31)28-8-1-2-17-10-20(14-27-21(17)28)19-11-18(12-25-13-19)15-3-5-16(6-4-15)22(30)26-7-9-29/h3-6,10-14,29H,1-2,7-9H2,(H2,24,31)(H,26,30). The summed E-state index contributed by atoms with van der Waals surface area (Å²) in [5.41, 5.74) is 10.7. The minimum atomic E-state index is -0.488. The summed E-state index contributed by atoms with van der Waals surface area (Å²) in [6, 6.07) is 10.8. The fourth-order valence-corrected chi connectivity index (χ4v) is 3.68. The molecule has 0 radical (unpaired) electrons. The van der Waals surface area contributed by atoms with Gasteiger partial charge < -0.3 is 16.2 Å². The topological polar surface area (TPSA) is 121 Å². The number of fused-ring (bicyclic) bond motifs is 1. The van der Waals surface area contributed by atoms with E-state index in [1.807, 2.05) is 24.3 Å². The van der Waals surface area contributed by atoms with Gasteiger partial charge in [-0.1, -0.05) is 12.1 Å². The number of hydrogen-bond donors (Lipinski definition) is 3. The molecule has 31 heavy (non-hydrogen) atoms. The molecule has 0 spiro atoms. The van der Waals surface area contributed by atoms with Crippen LogP contribution in [-0.2, 0) is 6.42 Å². The zero-order valence-corrected chi connectivity index (χ0v) is 16.9. The normalized spacial score (nSPS) is 12.9. The van der Waals surface area contributed by atoms with E-state index in [-0.39, 0.29) is 19.1 Å². The first-order valence-electron chi connectivity index (χ1n) is 10.1. The Balaban J connectivity index is 1.59. The van der Waals surface area contributed by atoms with Crippen molar-refractivity contribution in [2.75, 3.05) is 24.6 Å². The number of aliphatic hydroxyl groups excluding tert-OH is 1. The van der Waals surface area contributed by atoms with Gasteiger partial charge in [0.25, 0.3) is 5.91 Å². The maximum Gasteiger partial charge on any atom is 0.320 e. The molecule has 1 aliphatic rings. The molecule has 0 saturated heterocycles. The molecule has 3 heterocycles. The molecule has 4 rings (SSSR count). The molecule has 3 amide bonds. The van der Waals surface area contributed by atoms with E-state index in [9.17, 15) is 9.59 Å². The molecule has 0 saturated carbocycles. The van der Waals surface area contributed by atoms with Gasteiger partial charge in [0.1, 0.15) is 5.82 Å². The van der Waals surface area contributed by atoms with E-state index < -0.39 is 6.03 Å². The van der Waals surface area contributed by atoms with Crippen LogP contribution in [0.25, 0.3) is 22.3 Å². The Morgan fingerprint density at radius 3 is 2.45 bits per heavy atom. The number of primary amides is 1. The van der Waals surface area contributed by atoms with Crippen LogP contribution in [0.1, 0.15) is 22.3 Å². The Bertz CT molecular complexity index is 1110. The molecular formula is C23H23N5O3. The van der Waals surface area contributed by atoms with Crippen LogP contribution in [0.15, 0.2) is 55.0 Å². The second-order valence-electron chi connectivity index (χ2n) is 7.32. The summed E-state index contributed by atoms with van der Waals surface area (Å²) in [6.07, 6.45) is 6.96. The van der Waals surface area contributed by atoms with Crippen LogP contribution in [0, 0.1) is 0 Å². The number of carbonyl (C=O) groups excluding carboxylic acids is 2. The summed E-state index contributed by atoms with van der Waals surface area (Å²) in [5.74, 6) is 0.402. The fraction of sp³-hybridized carbons (Fsp3) is 0.217. The van der Waals surface area contributed by atoms with E-state index in [1.165, 1.54) is 4.90 Å². The number of amides is 3. The maximum atomic E-state index is 12.0. The van der Waals surface area contributed by atoms with Crippen LogP contribution in [0.2, 0.25) is 0 Å². The monoisotopic (exact) mass is 417 g/mol. The lowest BCUT2D eigenvalue weighted by Crippen LogP contribution is -2.40. The van der Waals surface area contributed by atoms with Gasteiger partial charge in [-0.3, -0.25) is 14.7 Å². The molecule has 1 aromatic carbocycles. The van der Waals surface area contributed by atoms with Gasteiger partial charge in [0.2, 0.25) is 0 Å². The number of nitrogens with two attached hydrogens (primary N) is 1. The molecule has 0 unspecified atom stereocenters. The number of aryl methyl sites for hydroxylation is 1. The first-order valence-corrected chi connectivity index (χ1v) is 10.1. The average Bonchev–Trinajstić information content (AvgIpc) is 2.82. The van der Waals surface area contributed by atoms with Crippen molar-refractivity contribution in [3.05, 3.63) is 66.1 Å². The van der Waals surface area contributed by atoms with Crippen LogP contribution in [0.4, 0.5) is 10.6 Å². The van der Waals surface area contributed by atoms with Gasteiger partial charge in [-0.05, 0) is 48.2 Å². The zero-order chi connectivity index (χ0) is 21.8. The van der Waals surface area contributed by atoms with E-state index in [2.05, 4.69) is 15.3 Å². The van der Waals surface area contributed by atoms with Crippen LogP contribution < -0.4 is 16.0 Å². The smallest absolute Gasteiger partial charge is 0.320 e. The highest BCUT2D eigenvalue weighted by molar-refractivity contribution is 5.94. The third-order valence-corrected chi connectivity index (χ3v) is 5.24. The van der Waals surface area contributed by atoms with Gasteiger partial charge in [-0.2, -0.15) is 0 Å². The number of nitrogens with zero attached hydrogens (tertiary/aromatic N) is 3. The molecule has 0 bridgehead atoms. The zero-order valence-electron chi connectivity index (χ0n) is 16.9. The first-order chi connectivity index (χ1) is 15.1. The van der Waals surface area contributed by atoms with Gasteiger partial charge in [0.05, 0.1) is 6.61 Å². The Morgan fingerprint density at radius 2 is 1.74 bits per heavy atom. The number of rotatable bonds is 5. The van der Waals surface area contributed by atoms with Gasteiger partial charge in [0, 0.05) is 53.9 Å². The number of hydrogen-bond acceptors (Lipinski definition) is 5. The van der Waals surface area contributed by atoms with Crippen molar-refractivity contribution >= 4 is 17.8 Å². The quantitative estimate of drug-likeness (QED) is 0.588. The molecule has 3 aromatic rings. The lowest BCUT2D eigenvalue weighted by Gasteiger charge is -2.26. The van der Waals surface area contributed by atoms with Crippen LogP contribution in [0.3, 0.4) is 0 Å². The molecule has 0 aliphatic carbocycles. The van der Waals surface area contributed by atoms with Crippen LogP contribution >= 0.6 is 0 Å². The summed E-state index contributed by atoms with van der Waals surface area (Å²) < 4.78 is 0. The van der Waals surface area contributed by atoms with Crippen molar-refractivity contribution in [1.29, 1.82) is 0 Å². The Hall–Kier alpha value is -3.78. The Morgan fingerprint density at radius 1 is 1.03 bits per heavy atom. The van der Waals surface area contributed by atoms with Gasteiger partial charge in [-0.15, -0.1) is 0 Å². The molecule has 8 nitrogen and oxygen atoms in total. The first kappa shape index (κ1) is 20.5. The van der Waals surface area contributed by atoms with E-state index in [0.717, 1.165) is 40.7 Å². The number of anilines is 1. The molecule has 8 heteroatoms. The molecule has 158 valence electrons. The second kappa shape index (κ2) is 8.93. The number of aliphatic hydroxyl groups is 1. The summed E-state index contributed by atoms with van der Waals surface area (Å²) >= 11 is 0. The molecule has 0 fully saturated rings. The fourth-order valence-electron chi connectivity index (χ4n) is 3.68. The van der Waals surface area contributed by atoms with Gasteiger partial charge in [0.15, 0.2) is 0 Å². The highest BCUT2D eigenvalue weighted by Gasteiger charge is 2.22. The third kappa shape index (κ3) is 4.39. The number of pyridine rings is 2. The lowest BCUT2D eigenvalue weighted by atomic mass is 9.99. The minimum Gasteiger partial charge on any atom is -0.395 e. The molecule has 0 atom stereocenters. The SMILES string of the molecule is NC(=O)N1CCCc2cc(-c3cncc(-c4ccc(C(=O)NCCO)cc4)c3)cnc21. The highest BCUT2D eigenvalue weighted by Crippen LogP contribution is 2.30. The van der Waals surface area contributed by atoms with E-state index in [4.69, 9.17) is 10.8 Å². The van der Waals surface area contributed by atoms with Gasteiger partial charge in [-0.25, -0.2) is 9.78 Å². The average molecular weight is 417 g/mol. The summed E-state index contributed by atoms with van der Waals surface area (Å²) in [4.78, 5) is 34.0. The largest absolute Gasteiger partial charge is 0.395 e. The van der Waals surface area contributed by atoms with Crippen molar-refractivity contribution < 1.29 is 14.7 Å². The van der Waals surface area contributed by atoms with E-state index >= 15 is 0 Å². The number of aromatic nitrogens is 2. The van der Waals surface area contributed by atoms with E-state index in [1.54, 1.807) is 30.7 Å². The predicted molar refractivity (Wildman–Crippen MR) is 118 cm³/mol. The number of urea groups is 1. The molecule has 1 aliphatic heterocycles. The van der Waals surface area contributed by atoms with Crippen LogP contribution in [-0.4, -0.2) is 46.7 Å². The molecule has 2 aromatic heterocycles. The van der Waals surface area contributed by atoms with E-state index in [0.29, 0.717) is 17.9 Å². The number of nitrogens with one attached hydrogen (secondary N) is 1. The molecular weight excluding hydrogens is 394 g/mol. The number of benzene rings is 1. The number of carbonyl (C=O) groups is 2. The van der Waals surface area contributed by atoms with Crippen molar-refractivity contribution in [2.45, 2.75) is 12.8 Å². The highest BCUT2D eigenvalue weighted by atomic mass is 16.3.